The molecule has 0 radical (unpaired) electrons. The molecule has 1 aromatic heterocycles. The summed E-state index contributed by atoms with van der Waals surface area (Å²) in [6.45, 7) is 6.14. The number of nitrogens with zero attached hydrogens (tertiary/aromatic N) is 3. The van der Waals surface area contributed by atoms with Crippen LogP contribution < -0.4 is 10.1 Å². The molecule has 2 aromatic rings. The number of ether oxygens (including phenoxy) is 1. The first-order valence-electron chi connectivity index (χ1n) is 11.4. The van der Waals surface area contributed by atoms with Crippen LogP contribution in [0.2, 0.25) is 0 Å². The highest BCUT2D eigenvalue weighted by Crippen LogP contribution is 2.30. The Labute approximate surface area is 179 Å². The van der Waals surface area contributed by atoms with Gasteiger partial charge in [-0.15, -0.1) is 0 Å². The van der Waals surface area contributed by atoms with Gasteiger partial charge < -0.3 is 19.5 Å². The summed E-state index contributed by atoms with van der Waals surface area (Å²) < 4.78 is 7.42. The van der Waals surface area contributed by atoms with E-state index in [0.717, 1.165) is 43.9 Å². The van der Waals surface area contributed by atoms with E-state index in [1.165, 1.54) is 31.4 Å². The van der Waals surface area contributed by atoms with Crippen molar-refractivity contribution in [2.75, 3.05) is 26.7 Å². The van der Waals surface area contributed by atoms with Crippen LogP contribution in [0.25, 0.3) is 0 Å². The average molecular weight is 411 g/mol. The van der Waals surface area contributed by atoms with Crippen LogP contribution in [-0.2, 0) is 13.0 Å². The number of imidazole rings is 1. The molecule has 0 saturated carbocycles. The van der Waals surface area contributed by atoms with Gasteiger partial charge in [0.25, 0.3) is 5.91 Å². The van der Waals surface area contributed by atoms with E-state index < -0.39 is 0 Å². The molecule has 1 aromatic carbocycles. The SMILES string of the molecule is COc1ccc([C@H]2CCc3nc(C(=O)NCCCN4CCCC[C@H]4C)cn3C2)cc1. The van der Waals surface area contributed by atoms with Gasteiger partial charge in [0.1, 0.15) is 17.3 Å². The van der Waals surface area contributed by atoms with Gasteiger partial charge in [-0.25, -0.2) is 4.98 Å². The van der Waals surface area contributed by atoms with Crippen molar-refractivity contribution in [2.24, 2.45) is 0 Å². The van der Waals surface area contributed by atoms with E-state index in [4.69, 9.17) is 4.74 Å². The van der Waals surface area contributed by atoms with Gasteiger partial charge in [-0.1, -0.05) is 18.6 Å². The third kappa shape index (κ3) is 4.86. The highest BCUT2D eigenvalue weighted by atomic mass is 16.5. The molecule has 1 fully saturated rings. The van der Waals surface area contributed by atoms with Crippen molar-refractivity contribution >= 4 is 5.91 Å². The van der Waals surface area contributed by atoms with Crippen LogP contribution in [0.3, 0.4) is 0 Å². The zero-order chi connectivity index (χ0) is 20.9. The smallest absolute Gasteiger partial charge is 0.271 e. The second-order valence-electron chi connectivity index (χ2n) is 8.69. The van der Waals surface area contributed by atoms with E-state index in [9.17, 15) is 4.79 Å². The molecule has 2 aliphatic rings. The first-order valence-corrected chi connectivity index (χ1v) is 11.4. The summed E-state index contributed by atoms with van der Waals surface area (Å²) in [4.78, 5) is 19.7. The Bertz CT molecular complexity index is 845. The lowest BCUT2D eigenvalue weighted by Crippen LogP contribution is -2.39. The average Bonchev–Trinajstić information content (AvgIpc) is 3.21. The molecule has 4 rings (SSSR count). The zero-order valence-corrected chi connectivity index (χ0v) is 18.3. The summed E-state index contributed by atoms with van der Waals surface area (Å²) in [6.07, 6.45) is 8.81. The summed E-state index contributed by atoms with van der Waals surface area (Å²) in [5.74, 6) is 2.29. The van der Waals surface area contributed by atoms with Gasteiger partial charge in [-0.05, 0) is 56.8 Å². The van der Waals surface area contributed by atoms with Crippen molar-refractivity contribution < 1.29 is 9.53 Å². The number of nitrogens with one attached hydrogen (secondary N) is 1. The van der Waals surface area contributed by atoms with E-state index in [-0.39, 0.29) is 5.91 Å². The van der Waals surface area contributed by atoms with E-state index in [0.29, 0.717) is 24.2 Å². The quantitative estimate of drug-likeness (QED) is 0.709. The van der Waals surface area contributed by atoms with Crippen LogP contribution in [0, 0.1) is 0 Å². The Morgan fingerprint density at radius 3 is 2.83 bits per heavy atom. The Kier molecular flexibility index (Phi) is 6.72. The molecule has 2 atom stereocenters. The molecule has 0 spiro atoms. The molecule has 1 saturated heterocycles. The number of rotatable bonds is 7. The third-order valence-corrected chi connectivity index (χ3v) is 6.66. The third-order valence-electron chi connectivity index (χ3n) is 6.66. The first kappa shape index (κ1) is 20.9. The number of methoxy groups -OCH3 is 1. The number of hydrogen-bond donors (Lipinski definition) is 1. The van der Waals surface area contributed by atoms with E-state index >= 15 is 0 Å². The molecular weight excluding hydrogens is 376 g/mol. The number of aryl methyl sites for hydroxylation is 1. The van der Waals surface area contributed by atoms with Gasteiger partial charge in [-0.2, -0.15) is 0 Å². The van der Waals surface area contributed by atoms with Gasteiger partial charge >= 0.3 is 0 Å². The normalized spacial score (nSPS) is 21.8. The van der Waals surface area contributed by atoms with Crippen LogP contribution in [0.5, 0.6) is 5.75 Å². The number of benzene rings is 1. The topological polar surface area (TPSA) is 59.4 Å². The molecule has 0 bridgehead atoms. The van der Waals surface area contributed by atoms with Gasteiger partial charge in [-0.3, -0.25) is 4.79 Å². The lowest BCUT2D eigenvalue weighted by molar-refractivity contribution is 0.0944. The number of piperidine rings is 1. The van der Waals surface area contributed by atoms with E-state index in [1.807, 2.05) is 18.3 Å². The minimum absolute atomic E-state index is 0.0513. The van der Waals surface area contributed by atoms with Gasteiger partial charge in [0, 0.05) is 44.2 Å². The molecule has 162 valence electrons. The Morgan fingerprint density at radius 2 is 2.07 bits per heavy atom. The lowest BCUT2D eigenvalue weighted by atomic mass is 9.91. The fourth-order valence-corrected chi connectivity index (χ4v) is 4.77. The molecule has 1 amide bonds. The largest absolute Gasteiger partial charge is 0.497 e. The molecule has 6 nitrogen and oxygen atoms in total. The van der Waals surface area contributed by atoms with Crippen LogP contribution >= 0.6 is 0 Å². The monoisotopic (exact) mass is 410 g/mol. The van der Waals surface area contributed by atoms with Gasteiger partial charge in [0.05, 0.1) is 7.11 Å². The van der Waals surface area contributed by atoms with E-state index in [2.05, 4.69) is 38.8 Å². The van der Waals surface area contributed by atoms with Crippen molar-refractivity contribution in [1.82, 2.24) is 19.8 Å². The van der Waals surface area contributed by atoms with Crippen molar-refractivity contribution in [3.05, 3.63) is 47.5 Å². The molecule has 0 aliphatic carbocycles. The highest BCUT2D eigenvalue weighted by Gasteiger charge is 2.23. The zero-order valence-electron chi connectivity index (χ0n) is 18.3. The molecule has 30 heavy (non-hydrogen) atoms. The summed E-state index contributed by atoms with van der Waals surface area (Å²) in [7, 11) is 1.69. The van der Waals surface area contributed by atoms with Crippen LogP contribution in [0.1, 0.15) is 66.8 Å². The van der Waals surface area contributed by atoms with Crippen LogP contribution in [-0.4, -0.2) is 53.1 Å². The van der Waals surface area contributed by atoms with Gasteiger partial charge in [0.15, 0.2) is 0 Å². The maximum absolute atomic E-state index is 12.6. The molecule has 6 heteroatoms. The maximum atomic E-state index is 12.6. The number of likely N-dealkylation sites (tertiary alicyclic amines) is 1. The van der Waals surface area contributed by atoms with Crippen molar-refractivity contribution in [2.45, 2.75) is 64.0 Å². The van der Waals surface area contributed by atoms with Crippen LogP contribution in [0.15, 0.2) is 30.5 Å². The number of aromatic nitrogens is 2. The predicted molar refractivity (Wildman–Crippen MR) is 118 cm³/mol. The minimum Gasteiger partial charge on any atom is -0.497 e. The van der Waals surface area contributed by atoms with Crippen molar-refractivity contribution in [3.63, 3.8) is 0 Å². The Hall–Kier alpha value is -2.34. The summed E-state index contributed by atoms with van der Waals surface area (Å²) in [6, 6.07) is 8.99. The molecule has 0 unspecified atom stereocenters. The number of fused-ring (bicyclic) bond motifs is 1. The second kappa shape index (κ2) is 9.65. The fraction of sp³-hybridized carbons (Fsp3) is 0.583. The summed E-state index contributed by atoms with van der Waals surface area (Å²) in [5.41, 5.74) is 1.86. The summed E-state index contributed by atoms with van der Waals surface area (Å²) in [5, 5.41) is 3.06. The molecule has 1 N–H and O–H groups in total. The maximum Gasteiger partial charge on any atom is 0.271 e. The fourth-order valence-electron chi connectivity index (χ4n) is 4.77. The van der Waals surface area contributed by atoms with E-state index in [1.54, 1.807) is 7.11 Å². The minimum atomic E-state index is -0.0513. The lowest BCUT2D eigenvalue weighted by Gasteiger charge is -2.33. The first-order chi connectivity index (χ1) is 14.6. The molecule has 2 aliphatic heterocycles. The van der Waals surface area contributed by atoms with Gasteiger partial charge in [0.2, 0.25) is 0 Å². The Morgan fingerprint density at radius 1 is 1.23 bits per heavy atom. The number of hydrogen-bond acceptors (Lipinski definition) is 4. The second-order valence-corrected chi connectivity index (χ2v) is 8.69. The summed E-state index contributed by atoms with van der Waals surface area (Å²) >= 11 is 0. The van der Waals surface area contributed by atoms with Crippen molar-refractivity contribution in [1.29, 1.82) is 0 Å². The standard InChI is InChI=1S/C24H34N4O2/c1-18-6-3-4-14-27(18)15-5-13-25-24(29)22-17-28-16-20(9-12-23(28)26-22)19-7-10-21(30-2)11-8-19/h7-8,10-11,17-18,20H,3-6,9,12-16H2,1-2H3,(H,25,29)/t18-,20+/m1/s1. The molecule has 3 heterocycles. The number of carbonyl (C=O) groups is 1. The number of carbonyl (C=O) groups excluding carboxylic acids is 1. The highest BCUT2D eigenvalue weighted by molar-refractivity contribution is 5.92. The number of amides is 1. The van der Waals surface area contributed by atoms with Crippen LogP contribution in [0.4, 0.5) is 0 Å². The molecular formula is C24H34N4O2. The predicted octanol–water partition coefficient (Wildman–Crippen LogP) is 3.62. The Balaban J connectivity index is 1.28. The van der Waals surface area contributed by atoms with Crippen molar-refractivity contribution in [3.8, 4) is 5.75 Å².